The molecule has 6 nitrogen and oxygen atoms in total. The van der Waals surface area contributed by atoms with Crippen molar-refractivity contribution in [3.05, 3.63) is 59.7 Å². The van der Waals surface area contributed by atoms with Crippen LogP contribution in [0.15, 0.2) is 48.5 Å². The molecule has 0 heterocycles. The Morgan fingerprint density at radius 3 is 1.58 bits per heavy atom. The first kappa shape index (κ1) is 19.3. The van der Waals surface area contributed by atoms with Crippen LogP contribution in [-0.4, -0.2) is 38.1 Å². The van der Waals surface area contributed by atoms with E-state index in [0.717, 1.165) is 0 Å². The molecule has 0 spiro atoms. The van der Waals surface area contributed by atoms with E-state index in [1.165, 1.54) is 0 Å². The maximum absolute atomic E-state index is 12.1. The second-order valence-electron chi connectivity index (χ2n) is 5.43. The van der Waals surface area contributed by atoms with Gasteiger partial charge in [-0.3, -0.25) is 9.59 Å². The van der Waals surface area contributed by atoms with E-state index in [4.69, 9.17) is 9.47 Å². The second-order valence-corrected chi connectivity index (χ2v) is 5.43. The normalized spacial score (nSPS) is 10.1. The minimum Gasteiger partial charge on any atom is -0.494 e. The fourth-order valence-electron chi connectivity index (χ4n) is 2.34. The molecule has 2 rings (SSSR count). The van der Waals surface area contributed by atoms with E-state index in [1.807, 2.05) is 13.8 Å². The van der Waals surface area contributed by atoms with Crippen molar-refractivity contribution in [3.63, 3.8) is 0 Å². The fourth-order valence-corrected chi connectivity index (χ4v) is 2.34. The second kappa shape index (κ2) is 10.1. The third kappa shape index (κ3) is 5.81. The van der Waals surface area contributed by atoms with E-state index in [-0.39, 0.29) is 11.8 Å². The number of carbonyl (C=O) groups is 2. The molecule has 2 aromatic carbocycles. The van der Waals surface area contributed by atoms with Crippen LogP contribution in [0.5, 0.6) is 11.5 Å². The number of benzene rings is 2. The van der Waals surface area contributed by atoms with Crippen molar-refractivity contribution in [1.29, 1.82) is 0 Å². The predicted octanol–water partition coefficient (Wildman–Crippen LogP) is 2.64. The fraction of sp³-hybridized carbons (Fsp3) is 0.300. The molecule has 2 aromatic rings. The van der Waals surface area contributed by atoms with Crippen molar-refractivity contribution in [2.45, 2.75) is 13.8 Å². The molecule has 0 aliphatic heterocycles. The maximum Gasteiger partial charge on any atom is 0.251 e. The van der Waals surface area contributed by atoms with Gasteiger partial charge in [0.05, 0.1) is 13.2 Å². The summed E-state index contributed by atoms with van der Waals surface area (Å²) in [6.07, 6.45) is 0. The number of hydrogen-bond acceptors (Lipinski definition) is 4. The Morgan fingerprint density at radius 1 is 0.769 bits per heavy atom. The molecule has 0 saturated heterocycles. The van der Waals surface area contributed by atoms with Crippen molar-refractivity contribution in [2.24, 2.45) is 0 Å². The molecule has 0 saturated carbocycles. The third-order valence-corrected chi connectivity index (χ3v) is 3.51. The summed E-state index contributed by atoms with van der Waals surface area (Å²) in [5.74, 6) is 0.892. The summed E-state index contributed by atoms with van der Waals surface area (Å²) >= 11 is 0. The van der Waals surface area contributed by atoms with Gasteiger partial charge in [-0.2, -0.15) is 0 Å². The van der Waals surface area contributed by atoms with Crippen LogP contribution < -0.4 is 20.1 Å². The summed E-state index contributed by atoms with van der Waals surface area (Å²) in [5, 5.41) is 5.55. The molecule has 6 heteroatoms. The minimum atomic E-state index is -0.209. The van der Waals surface area contributed by atoms with Crippen LogP contribution in [0.1, 0.15) is 34.6 Å². The first-order valence-corrected chi connectivity index (χ1v) is 8.66. The van der Waals surface area contributed by atoms with E-state index in [9.17, 15) is 9.59 Å². The summed E-state index contributed by atoms with van der Waals surface area (Å²) < 4.78 is 10.8. The lowest BCUT2D eigenvalue weighted by molar-refractivity contribution is 0.0927. The first-order valence-electron chi connectivity index (χ1n) is 8.66. The van der Waals surface area contributed by atoms with Crippen molar-refractivity contribution in [3.8, 4) is 11.5 Å². The van der Waals surface area contributed by atoms with Gasteiger partial charge >= 0.3 is 0 Å². The van der Waals surface area contributed by atoms with Crippen molar-refractivity contribution in [2.75, 3.05) is 26.3 Å². The highest BCUT2D eigenvalue weighted by Gasteiger charge is 2.08. The van der Waals surface area contributed by atoms with Crippen LogP contribution in [0.25, 0.3) is 0 Å². The van der Waals surface area contributed by atoms with E-state index < -0.39 is 0 Å². The highest BCUT2D eigenvalue weighted by Crippen LogP contribution is 2.14. The lowest BCUT2D eigenvalue weighted by Crippen LogP contribution is -2.34. The molecule has 138 valence electrons. The standard InChI is InChI=1S/C20H24N2O4/c1-3-25-17-9-5-7-15(13-17)19(23)21-11-12-22-20(24)16-8-6-10-18(14-16)26-4-2/h5-10,13-14H,3-4,11-12H2,1-2H3,(H,21,23)(H,22,24). The van der Waals surface area contributed by atoms with Gasteiger partial charge in [-0.25, -0.2) is 0 Å². The number of rotatable bonds is 9. The lowest BCUT2D eigenvalue weighted by Gasteiger charge is -2.09. The molecule has 0 radical (unpaired) electrons. The average Bonchev–Trinajstić information content (AvgIpc) is 2.66. The van der Waals surface area contributed by atoms with Crippen molar-refractivity contribution < 1.29 is 19.1 Å². The SMILES string of the molecule is CCOc1cccc(C(=O)NCCNC(=O)c2cccc(OCC)c2)c1. The molecular formula is C20H24N2O4. The van der Waals surface area contributed by atoms with Gasteiger partial charge in [0.15, 0.2) is 0 Å². The smallest absolute Gasteiger partial charge is 0.251 e. The molecule has 0 fully saturated rings. The molecule has 0 aliphatic rings. The monoisotopic (exact) mass is 356 g/mol. The zero-order valence-corrected chi connectivity index (χ0v) is 15.1. The first-order chi connectivity index (χ1) is 12.6. The third-order valence-electron chi connectivity index (χ3n) is 3.51. The molecule has 0 aliphatic carbocycles. The van der Waals surface area contributed by atoms with Crippen molar-refractivity contribution >= 4 is 11.8 Å². The van der Waals surface area contributed by atoms with E-state index in [1.54, 1.807) is 48.5 Å². The minimum absolute atomic E-state index is 0.209. The Balaban J connectivity index is 1.79. The molecule has 0 bridgehead atoms. The Labute approximate surface area is 153 Å². The predicted molar refractivity (Wildman–Crippen MR) is 99.9 cm³/mol. The van der Waals surface area contributed by atoms with E-state index in [2.05, 4.69) is 10.6 Å². The molecule has 0 atom stereocenters. The zero-order chi connectivity index (χ0) is 18.8. The molecular weight excluding hydrogens is 332 g/mol. The zero-order valence-electron chi connectivity index (χ0n) is 15.1. The van der Waals surface area contributed by atoms with Crippen LogP contribution in [0.4, 0.5) is 0 Å². The van der Waals surface area contributed by atoms with Gasteiger partial charge < -0.3 is 20.1 Å². The molecule has 0 aromatic heterocycles. The topological polar surface area (TPSA) is 76.7 Å². The van der Waals surface area contributed by atoms with Crippen LogP contribution in [-0.2, 0) is 0 Å². The van der Waals surface area contributed by atoms with Gasteiger partial charge in [-0.05, 0) is 50.2 Å². The van der Waals surface area contributed by atoms with Crippen LogP contribution >= 0.6 is 0 Å². The number of carbonyl (C=O) groups excluding carboxylic acids is 2. The summed E-state index contributed by atoms with van der Waals surface area (Å²) in [7, 11) is 0. The van der Waals surface area contributed by atoms with Gasteiger partial charge in [-0.15, -0.1) is 0 Å². The van der Waals surface area contributed by atoms with Gasteiger partial charge in [-0.1, -0.05) is 12.1 Å². The Morgan fingerprint density at radius 2 is 1.19 bits per heavy atom. The van der Waals surface area contributed by atoms with E-state index >= 15 is 0 Å². The molecule has 2 N–H and O–H groups in total. The van der Waals surface area contributed by atoms with Gasteiger partial charge in [0.1, 0.15) is 11.5 Å². The summed E-state index contributed by atoms with van der Waals surface area (Å²) in [4.78, 5) is 24.3. The average molecular weight is 356 g/mol. The Kier molecular flexibility index (Phi) is 7.49. The summed E-state index contributed by atoms with van der Waals surface area (Å²) in [6, 6.07) is 14.0. The van der Waals surface area contributed by atoms with Gasteiger partial charge in [0.2, 0.25) is 0 Å². The van der Waals surface area contributed by atoms with Crippen molar-refractivity contribution in [1.82, 2.24) is 10.6 Å². The summed E-state index contributed by atoms with van der Waals surface area (Å²) in [6.45, 7) is 5.52. The maximum atomic E-state index is 12.1. The Bertz CT molecular complexity index is 683. The van der Waals surface area contributed by atoms with Gasteiger partial charge in [0, 0.05) is 24.2 Å². The largest absolute Gasteiger partial charge is 0.494 e. The summed E-state index contributed by atoms with van der Waals surface area (Å²) in [5.41, 5.74) is 1.04. The quantitative estimate of drug-likeness (QED) is 0.677. The number of hydrogen-bond donors (Lipinski definition) is 2. The van der Waals surface area contributed by atoms with Crippen LogP contribution in [0, 0.1) is 0 Å². The van der Waals surface area contributed by atoms with Gasteiger partial charge in [0.25, 0.3) is 11.8 Å². The van der Waals surface area contributed by atoms with Crippen LogP contribution in [0.2, 0.25) is 0 Å². The number of ether oxygens (including phenoxy) is 2. The molecule has 0 unspecified atom stereocenters. The van der Waals surface area contributed by atoms with E-state index in [0.29, 0.717) is 48.9 Å². The number of nitrogens with one attached hydrogen (secondary N) is 2. The highest BCUT2D eigenvalue weighted by molar-refractivity contribution is 5.95. The molecule has 2 amide bonds. The Hall–Kier alpha value is -3.02. The number of amides is 2. The molecule has 26 heavy (non-hydrogen) atoms. The van der Waals surface area contributed by atoms with Crippen LogP contribution in [0.3, 0.4) is 0 Å². The lowest BCUT2D eigenvalue weighted by atomic mass is 10.2. The highest BCUT2D eigenvalue weighted by atomic mass is 16.5.